The normalized spacial score (nSPS) is 38.9. The van der Waals surface area contributed by atoms with Crippen molar-refractivity contribution in [3.63, 3.8) is 0 Å². The summed E-state index contributed by atoms with van der Waals surface area (Å²) in [5, 5.41) is 15.5. The van der Waals surface area contributed by atoms with Crippen molar-refractivity contribution in [1.29, 1.82) is 0 Å². The van der Waals surface area contributed by atoms with Crippen molar-refractivity contribution >= 4 is 11.9 Å². The second-order valence-electron chi connectivity index (χ2n) is 6.30. The zero-order valence-electron chi connectivity index (χ0n) is 11.7. The fourth-order valence-electron chi connectivity index (χ4n) is 3.14. The molecule has 3 N–H and O–H groups in total. The van der Waals surface area contributed by atoms with Crippen LogP contribution in [0.3, 0.4) is 0 Å². The fraction of sp³-hybridized carbons (Fsp3) is 0.857. The van der Waals surface area contributed by atoms with Crippen molar-refractivity contribution in [3.8, 4) is 0 Å². The maximum absolute atomic E-state index is 12.3. The lowest BCUT2D eigenvalue weighted by Crippen LogP contribution is -2.58. The third-order valence-corrected chi connectivity index (χ3v) is 4.75. The molecule has 1 amide bonds. The Balaban J connectivity index is 2.04. The predicted molar refractivity (Wildman–Crippen MR) is 71.7 cm³/mol. The van der Waals surface area contributed by atoms with Crippen LogP contribution in [0.5, 0.6) is 0 Å². The number of rotatable bonds is 3. The van der Waals surface area contributed by atoms with Gasteiger partial charge >= 0.3 is 5.97 Å². The largest absolute Gasteiger partial charge is 0.480 e. The van der Waals surface area contributed by atoms with Crippen LogP contribution in [0.2, 0.25) is 0 Å². The lowest BCUT2D eigenvalue weighted by atomic mass is 9.76. The van der Waals surface area contributed by atoms with E-state index in [2.05, 4.69) is 17.6 Å². The molecule has 0 unspecified atom stereocenters. The van der Waals surface area contributed by atoms with Crippen LogP contribution < -0.4 is 10.6 Å². The molecule has 1 saturated heterocycles. The zero-order valence-corrected chi connectivity index (χ0v) is 11.7. The molecule has 0 aromatic heterocycles. The maximum Gasteiger partial charge on any atom is 0.329 e. The highest BCUT2D eigenvalue weighted by Gasteiger charge is 2.44. The van der Waals surface area contributed by atoms with Crippen molar-refractivity contribution in [3.05, 3.63) is 0 Å². The number of carboxylic acids is 1. The first-order chi connectivity index (χ1) is 8.94. The first-order valence-electron chi connectivity index (χ1n) is 7.21. The van der Waals surface area contributed by atoms with Crippen LogP contribution in [-0.2, 0) is 9.59 Å². The fourth-order valence-corrected chi connectivity index (χ4v) is 3.14. The standard InChI is InChI=1S/C14H24N2O3/c1-9-3-5-14(6-4-9,13(18)19)16-12(17)11-8-15-7-10(11)2/h9-11,15H,3-8H2,1-2H3,(H,16,17)(H,18,19)/t9?,10-,11-,14?/m1/s1. The number of hydrogen-bond donors (Lipinski definition) is 3. The summed E-state index contributed by atoms with van der Waals surface area (Å²) in [6.07, 6.45) is 2.82. The Morgan fingerprint density at radius 3 is 2.32 bits per heavy atom. The van der Waals surface area contributed by atoms with Gasteiger partial charge in [-0.15, -0.1) is 0 Å². The molecule has 1 saturated carbocycles. The molecule has 2 rings (SSSR count). The summed E-state index contributed by atoms with van der Waals surface area (Å²) in [4.78, 5) is 23.9. The van der Waals surface area contributed by atoms with Gasteiger partial charge in [0.1, 0.15) is 5.54 Å². The highest BCUT2D eigenvalue weighted by atomic mass is 16.4. The van der Waals surface area contributed by atoms with E-state index in [-0.39, 0.29) is 17.7 Å². The minimum Gasteiger partial charge on any atom is -0.480 e. The molecule has 2 fully saturated rings. The third kappa shape index (κ3) is 2.91. The van der Waals surface area contributed by atoms with Crippen LogP contribution in [0.25, 0.3) is 0 Å². The molecular weight excluding hydrogens is 244 g/mol. The molecule has 5 nitrogen and oxygen atoms in total. The first-order valence-corrected chi connectivity index (χ1v) is 7.21. The van der Waals surface area contributed by atoms with Crippen LogP contribution >= 0.6 is 0 Å². The van der Waals surface area contributed by atoms with E-state index >= 15 is 0 Å². The van der Waals surface area contributed by atoms with Gasteiger partial charge in [0.05, 0.1) is 5.92 Å². The van der Waals surface area contributed by atoms with E-state index in [9.17, 15) is 14.7 Å². The summed E-state index contributed by atoms with van der Waals surface area (Å²) in [5.41, 5.74) is -1.04. The van der Waals surface area contributed by atoms with Gasteiger partial charge in [-0.2, -0.15) is 0 Å². The van der Waals surface area contributed by atoms with Gasteiger partial charge in [0.25, 0.3) is 0 Å². The van der Waals surface area contributed by atoms with Gasteiger partial charge < -0.3 is 15.7 Å². The molecule has 1 aliphatic carbocycles. The molecule has 0 aromatic carbocycles. The number of carbonyl (C=O) groups is 2. The number of carbonyl (C=O) groups excluding carboxylic acids is 1. The summed E-state index contributed by atoms with van der Waals surface area (Å²) in [6, 6.07) is 0. The van der Waals surface area contributed by atoms with Crippen LogP contribution in [-0.4, -0.2) is 35.6 Å². The van der Waals surface area contributed by atoms with Gasteiger partial charge in [-0.1, -0.05) is 13.8 Å². The van der Waals surface area contributed by atoms with Gasteiger partial charge in [-0.3, -0.25) is 4.79 Å². The van der Waals surface area contributed by atoms with E-state index in [1.807, 2.05) is 6.92 Å². The Bertz CT molecular complexity index is 362. The number of carboxylic acid groups (broad SMARTS) is 1. The molecule has 108 valence electrons. The average Bonchev–Trinajstić information content (AvgIpc) is 2.78. The predicted octanol–water partition coefficient (Wildman–Crippen LogP) is 0.992. The topological polar surface area (TPSA) is 78.4 Å². The monoisotopic (exact) mass is 268 g/mol. The molecule has 0 spiro atoms. The number of hydrogen-bond acceptors (Lipinski definition) is 3. The highest BCUT2D eigenvalue weighted by molar-refractivity contribution is 5.88. The van der Waals surface area contributed by atoms with Crippen LogP contribution in [0.1, 0.15) is 39.5 Å². The van der Waals surface area contributed by atoms with Crippen molar-refractivity contribution in [2.75, 3.05) is 13.1 Å². The van der Waals surface area contributed by atoms with E-state index in [0.717, 1.165) is 19.4 Å². The summed E-state index contributed by atoms with van der Waals surface area (Å²) in [5.74, 6) is -0.263. The Morgan fingerprint density at radius 2 is 1.84 bits per heavy atom. The van der Waals surface area contributed by atoms with E-state index < -0.39 is 11.5 Å². The molecule has 19 heavy (non-hydrogen) atoms. The van der Waals surface area contributed by atoms with Gasteiger partial charge in [-0.25, -0.2) is 4.79 Å². The van der Waals surface area contributed by atoms with Gasteiger partial charge in [0, 0.05) is 6.54 Å². The second kappa shape index (κ2) is 5.49. The molecule has 0 aromatic rings. The molecule has 2 atom stereocenters. The molecule has 1 heterocycles. The van der Waals surface area contributed by atoms with Gasteiger partial charge in [0.15, 0.2) is 0 Å². The van der Waals surface area contributed by atoms with Crippen molar-refractivity contribution < 1.29 is 14.7 Å². The Labute approximate surface area is 114 Å². The van der Waals surface area contributed by atoms with Crippen molar-refractivity contribution in [2.45, 2.75) is 45.1 Å². The maximum atomic E-state index is 12.3. The van der Waals surface area contributed by atoms with E-state index in [4.69, 9.17) is 0 Å². The number of aliphatic carboxylic acids is 1. The molecule has 1 aliphatic heterocycles. The quantitative estimate of drug-likeness (QED) is 0.713. The SMILES string of the molecule is CC1CCC(NC(=O)[C@@H]2CNC[C@H]2C)(C(=O)O)CC1. The number of amides is 1. The Hall–Kier alpha value is -1.10. The summed E-state index contributed by atoms with van der Waals surface area (Å²) < 4.78 is 0. The van der Waals surface area contributed by atoms with E-state index in [1.165, 1.54) is 0 Å². The third-order valence-electron chi connectivity index (χ3n) is 4.75. The van der Waals surface area contributed by atoms with E-state index in [1.54, 1.807) is 0 Å². The van der Waals surface area contributed by atoms with Crippen LogP contribution in [0.4, 0.5) is 0 Å². The average molecular weight is 268 g/mol. The zero-order chi connectivity index (χ0) is 14.0. The van der Waals surface area contributed by atoms with Crippen LogP contribution in [0, 0.1) is 17.8 Å². The summed E-state index contributed by atoms with van der Waals surface area (Å²) in [6.45, 7) is 5.64. The second-order valence-corrected chi connectivity index (χ2v) is 6.30. The van der Waals surface area contributed by atoms with Gasteiger partial charge in [0.2, 0.25) is 5.91 Å². The Kier molecular flexibility index (Phi) is 4.13. The minimum atomic E-state index is -1.04. The number of nitrogens with one attached hydrogen (secondary N) is 2. The summed E-state index contributed by atoms with van der Waals surface area (Å²) >= 11 is 0. The molecular formula is C14H24N2O3. The molecule has 5 heteroatoms. The molecule has 0 radical (unpaired) electrons. The van der Waals surface area contributed by atoms with Crippen molar-refractivity contribution in [2.24, 2.45) is 17.8 Å². The highest BCUT2D eigenvalue weighted by Crippen LogP contribution is 2.33. The van der Waals surface area contributed by atoms with Crippen LogP contribution in [0.15, 0.2) is 0 Å². The molecule has 2 aliphatic rings. The lowest BCUT2D eigenvalue weighted by Gasteiger charge is -2.37. The van der Waals surface area contributed by atoms with Crippen molar-refractivity contribution in [1.82, 2.24) is 10.6 Å². The van der Waals surface area contributed by atoms with E-state index in [0.29, 0.717) is 25.3 Å². The molecule has 0 bridgehead atoms. The summed E-state index contributed by atoms with van der Waals surface area (Å²) in [7, 11) is 0. The smallest absolute Gasteiger partial charge is 0.329 e. The lowest BCUT2D eigenvalue weighted by molar-refractivity contribution is -0.150. The Morgan fingerprint density at radius 1 is 1.21 bits per heavy atom. The first kappa shape index (κ1) is 14.3. The minimum absolute atomic E-state index is 0.101. The van der Waals surface area contributed by atoms with Gasteiger partial charge in [-0.05, 0) is 44.1 Å².